The lowest BCUT2D eigenvalue weighted by molar-refractivity contribution is -0.138. The van der Waals surface area contributed by atoms with Crippen LogP contribution in [0.15, 0.2) is 54.9 Å². The monoisotopic (exact) mass is 928 g/mol. The first-order valence-corrected chi connectivity index (χ1v) is 22.9. The lowest BCUT2D eigenvalue weighted by atomic mass is 10.0. The van der Waals surface area contributed by atoms with Gasteiger partial charge in [-0.3, -0.25) is 39.0 Å². The van der Waals surface area contributed by atoms with Gasteiger partial charge in [-0.05, 0) is 69.0 Å². The minimum atomic E-state index is -1.07. The molecule has 0 spiro atoms. The number of benzene rings is 2. The number of nitrogens with zero attached hydrogens (tertiary/aromatic N) is 10. The van der Waals surface area contributed by atoms with Crippen molar-refractivity contribution in [2.75, 3.05) is 67.5 Å². The molecular weight excluding hydrogens is 879 g/mol. The first-order valence-electron chi connectivity index (χ1n) is 22.9. The van der Waals surface area contributed by atoms with E-state index in [1.165, 1.54) is 6.07 Å². The summed E-state index contributed by atoms with van der Waals surface area (Å²) in [5.74, 6) is -3.47. The Kier molecular flexibility index (Phi) is 10.9. The van der Waals surface area contributed by atoms with Crippen LogP contribution in [-0.2, 0) is 19.2 Å². The third-order valence-electron chi connectivity index (χ3n) is 14.1. The molecule has 68 heavy (non-hydrogen) atoms. The summed E-state index contributed by atoms with van der Waals surface area (Å²) in [7, 11) is 0. The molecule has 6 amide bonds. The highest BCUT2D eigenvalue weighted by Crippen LogP contribution is 2.60. The van der Waals surface area contributed by atoms with E-state index in [0.717, 1.165) is 16.8 Å². The molecule has 4 aliphatic heterocycles. The number of rotatable bonds is 9. The summed E-state index contributed by atoms with van der Waals surface area (Å²) in [4.78, 5) is 106. The summed E-state index contributed by atoms with van der Waals surface area (Å²) >= 11 is 0. The number of halogens is 2. The molecule has 7 heterocycles. The average Bonchev–Trinajstić information content (AvgIpc) is 3.58. The van der Waals surface area contributed by atoms with Crippen LogP contribution >= 0.6 is 0 Å². The molecule has 3 atom stereocenters. The fraction of sp³-hybridized carbons (Fsp3) is 0.417. The smallest absolute Gasteiger partial charge is 0.264 e. The second-order valence-electron chi connectivity index (χ2n) is 18.9. The maximum absolute atomic E-state index is 15.2. The second-order valence-corrected chi connectivity index (χ2v) is 18.9. The zero-order chi connectivity index (χ0) is 47.9. The van der Waals surface area contributed by atoms with Crippen molar-refractivity contribution >= 4 is 69.6 Å². The molecule has 3 saturated heterocycles. The molecule has 5 aromatic rings. The van der Waals surface area contributed by atoms with E-state index in [1.807, 2.05) is 48.1 Å². The summed E-state index contributed by atoms with van der Waals surface area (Å²) in [6, 6.07) is 10.5. The number of fused-ring (bicyclic) bond motifs is 2. The van der Waals surface area contributed by atoms with Crippen molar-refractivity contribution in [2.45, 2.75) is 59.5 Å². The number of pyridine rings is 1. The molecule has 2 aromatic carbocycles. The maximum Gasteiger partial charge on any atom is 0.264 e. The van der Waals surface area contributed by atoms with E-state index < -0.39 is 58.6 Å². The molecule has 1 saturated carbocycles. The Bertz CT molecular complexity index is 2940. The van der Waals surface area contributed by atoms with Crippen LogP contribution in [0.2, 0.25) is 0 Å². The number of carbonyl (C=O) groups excluding carboxylic acids is 6. The van der Waals surface area contributed by atoms with Gasteiger partial charge < -0.3 is 29.5 Å². The van der Waals surface area contributed by atoms with E-state index in [4.69, 9.17) is 0 Å². The van der Waals surface area contributed by atoms with Crippen LogP contribution < -0.4 is 20.4 Å². The van der Waals surface area contributed by atoms with E-state index in [-0.39, 0.29) is 64.5 Å². The number of aromatic nitrogens is 5. The van der Waals surface area contributed by atoms with Gasteiger partial charge in [0.2, 0.25) is 29.6 Å². The molecule has 20 heteroatoms. The molecule has 18 nitrogen and oxygen atoms in total. The zero-order valence-electron chi connectivity index (χ0n) is 38.3. The fourth-order valence-electron chi connectivity index (χ4n) is 10.5. The Labute approximate surface area is 389 Å². The minimum Gasteiger partial charge on any atom is -0.367 e. The number of hydrogen-bond donors (Lipinski definition) is 2. The lowest BCUT2D eigenvalue weighted by Crippen LogP contribution is -2.54. The van der Waals surface area contributed by atoms with Crippen molar-refractivity contribution < 1.29 is 37.5 Å². The SMILES string of the molecule is Cc1nc2c(F)cc(-c3nc(Nc4ccc(N5CCN(C(=O)C6C(C(=O)N7CCN(c8cccc9c8C(=O)N(C8CCC(=O)NC8=O)C9=O)CC7)C6(C)C)CC5)cn4)ncc3F)cc2n1C(C)C. The molecule has 352 valence electrons. The molecule has 2 N–H and O–H groups in total. The van der Waals surface area contributed by atoms with Gasteiger partial charge in [-0.15, -0.1) is 0 Å². The van der Waals surface area contributed by atoms with E-state index >= 15 is 8.78 Å². The van der Waals surface area contributed by atoms with Crippen LogP contribution in [0.3, 0.4) is 0 Å². The van der Waals surface area contributed by atoms with Crippen LogP contribution in [0.25, 0.3) is 22.3 Å². The highest BCUT2D eigenvalue weighted by atomic mass is 19.1. The lowest BCUT2D eigenvalue weighted by Gasteiger charge is -2.37. The van der Waals surface area contributed by atoms with Crippen LogP contribution in [0.1, 0.15) is 73.1 Å². The topological polar surface area (TPSA) is 199 Å². The van der Waals surface area contributed by atoms with Crippen LogP contribution in [-0.4, -0.2) is 133 Å². The number of amides is 6. The van der Waals surface area contributed by atoms with Gasteiger partial charge in [0.05, 0.1) is 52.2 Å². The van der Waals surface area contributed by atoms with Crippen LogP contribution in [0.4, 0.5) is 31.9 Å². The molecule has 0 radical (unpaired) electrons. The number of piperazine rings is 2. The summed E-state index contributed by atoms with van der Waals surface area (Å²) in [6.07, 6.45) is 2.82. The molecule has 10 rings (SSSR count). The van der Waals surface area contributed by atoms with Gasteiger partial charge >= 0.3 is 0 Å². The number of hydrogen-bond acceptors (Lipinski definition) is 13. The molecular formula is C48H50F2N12O6. The summed E-state index contributed by atoms with van der Waals surface area (Å²) < 4.78 is 32.2. The quantitative estimate of drug-likeness (QED) is 0.197. The van der Waals surface area contributed by atoms with Gasteiger partial charge in [0.1, 0.15) is 28.9 Å². The van der Waals surface area contributed by atoms with Crippen LogP contribution in [0.5, 0.6) is 0 Å². The molecule has 5 aliphatic rings. The summed E-state index contributed by atoms with van der Waals surface area (Å²) in [5, 5.41) is 5.24. The van der Waals surface area contributed by atoms with Crippen molar-refractivity contribution in [1.29, 1.82) is 0 Å². The first kappa shape index (κ1) is 44.5. The standard InChI is InChI=1S/C48H50F2N12O6/c1-25(2)61-26(3)53-41-30(49)21-27(22-34(41)61)40-31(50)24-52-47(56-40)54-35-11-9-28(23-51-35)57-13-17-59(18-14-57)45(67)38-39(48(38,4)5)46(68)60-19-15-58(16-20-60)32-8-6-7-29-37(32)44(66)62(43(29)65)33-10-12-36(63)55-42(33)64/h6-9,11,21-25,33,38-39H,10,12-20H2,1-5H3,(H,55,63,64)(H,51,52,54,56). The molecule has 3 unspecified atom stereocenters. The van der Waals surface area contributed by atoms with Gasteiger partial charge in [0.15, 0.2) is 11.6 Å². The number of imidazole rings is 1. The molecule has 0 bridgehead atoms. The van der Waals surface area contributed by atoms with Gasteiger partial charge in [0, 0.05) is 70.4 Å². The zero-order valence-corrected chi connectivity index (χ0v) is 38.3. The molecule has 3 aromatic heterocycles. The minimum absolute atomic E-state index is 0.00656. The second kappa shape index (κ2) is 16.7. The number of imide groups is 2. The van der Waals surface area contributed by atoms with E-state index in [9.17, 15) is 28.8 Å². The third-order valence-corrected chi connectivity index (χ3v) is 14.1. The Hall–Kier alpha value is -7.38. The number of piperidine rings is 1. The largest absolute Gasteiger partial charge is 0.367 e. The highest BCUT2D eigenvalue weighted by Gasteiger charge is 2.67. The number of anilines is 4. The van der Waals surface area contributed by atoms with Crippen molar-refractivity contribution in [2.24, 2.45) is 17.3 Å². The Morgan fingerprint density at radius 1 is 0.809 bits per heavy atom. The van der Waals surface area contributed by atoms with Gasteiger partial charge in [-0.2, -0.15) is 0 Å². The van der Waals surface area contributed by atoms with Gasteiger partial charge in [-0.25, -0.2) is 28.7 Å². The van der Waals surface area contributed by atoms with Crippen molar-refractivity contribution in [3.63, 3.8) is 0 Å². The van der Waals surface area contributed by atoms with Crippen molar-refractivity contribution in [3.05, 3.63) is 83.4 Å². The van der Waals surface area contributed by atoms with Crippen molar-refractivity contribution in [3.8, 4) is 11.3 Å². The van der Waals surface area contributed by atoms with Crippen LogP contribution in [0, 0.1) is 35.8 Å². The molecule has 1 aliphatic carbocycles. The summed E-state index contributed by atoms with van der Waals surface area (Å²) in [5.41, 5.74) is 2.20. The van der Waals surface area contributed by atoms with E-state index in [0.29, 0.717) is 75.2 Å². The Morgan fingerprint density at radius 3 is 2.12 bits per heavy atom. The number of nitrogens with one attached hydrogen (secondary N) is 2. The normalized spacial score (nSPS) is 21.5. The fourth-order valence-corrected chi connectivity index (χ4v) is 10.5. The first-order chi connectivity index (χ1) is 32.5. The van der Waals surface area contributed by atoms with Crippen molar-refractivity contribution in [1.82, 2.24) is 44.5 Å². The third kappa shape index (κ3) is 7.54. The Morgan fingerprint density at radius 2 is 1.49 bits per heavy atom. The highest BCUT2D eigenvalue weighted by molar-refractivity contribution is 6.25. The maximum atomic E-state index is 15.2. The summed E-state index contributed by atoms with van der Waals surface area (Å²) in [6.45, 7) is 13.2. The van der Waals surface area contributed by atoms with Gasteiger partial charge in [-0.1, -0.05) is 19.9 Å². The van der Waals surface area contributed by atoms with E-state index in [1.54, 1.807) is 48.4 Å². The van der Waals surface area contributed by atoms with E-state index in [2.05, 4.69) is 35.5 Å². The predicted molar refractivity (Wildman–Crippen MR) is 245 cm³/mol. The number of carbonyl (C=O) groups is 6. The Balaban J connectivity index is 0.732. The number of aryl methyl sites for hydroxylation is 1. The predicted octanol–water partition coefficient (Wildman–Crippen LogP) is 4.47. The molecule has 4 fully saturated rings. The average molecular weight is 929 g/mol. The van der Waals surface area contributed by atoms with Gasteiger partial charge in [0.25, 0.3) is 11.8 Å².